The van der Waals surface area contributed by atoms with Gasteiger partial charge in [-0.05, 0) is 11.1 Å². The number of hydrogen-bond acceptors (Lipinski definition) is 4. The zero-order valence-corrected chi connectivity index (χ0v) is 11.5. The molecule has 0 bridgehead atoms. The molecule has 0 aliphatic carbocycles. The Balaban J connectivity index is 1.96. The van der Waals surface area contributed by atoms with Crippen LogP contribution in [-0.4, -0.2) is 39.0 Å². The third kappa shape index (κ3) is 3.99. The molecule has 3 N–H and O–H groups in total. The quantitative estimate of drug-likeness (QED) is 0.785. The summed E-state index contributed by atoms with van der Waals surface area (Å²) in [4.78, 5) is 0. The lowest BCUT2D eigenvalue weighted by Crippen LogP contribution is -2.46. The zero-order chi connectivity index (χ0) is 13.7. The van der Waals surface area contributed by atoms with E-state index in [1.54, 1.807) is 0 Å². The van der Waals surface area contributed by atoms with Gasteiger partial charge in [0, 0.05) is 26.2 Å². The van der Waals surface area contributed by atoms with E-state index in [2.05, 4.69) is 4.72 Å². The van der Waals surface area contributed by atoms with Crippen LogP contribution in [0, 0.1) is 0 Å². The largest absolute Gasteiger partial charge is 0.379 e. The smallest absolute Gasteiger partial charge is 0.279 e. The number of ether oxygens (including phenoxy) is 1. The van der Waals surface area contributed by atoms with Gasteiger partial charge < -0.3 is 10.5 Å². The summed E-state index contributed by atoms with van der Waals surface area (Å²) in [5.74, 6) is 0. The van der Waals surface area contributed by atoms with Gasteiger partial charge in [-0.3, -0.25) is 0 Å². The van der Waals surface area contributed by atoms with E-state index in [9.17, 15) is 8.42 Å². The average molecular weight is 285 g/mol. The molecule has 2 rings (SSSR count). The third-order valence-electron chi connectivity index (χ3n) is 3.00. The summed E-state index contributed by atoms with van der Waals surface area (Å²) in [6.45, 7) is 2.42. The first-order chi connectivity index (χ1) is 9.12. The molecule has 0 aromatic heterocycles. The fourth-order valence-electron chi connectivity index (χ4n) is 1.92. The van der Waals surface area contributed by atoms with E-state index in [1.807, 2.05) is 24.3 Å². The van der Waals surface area contributed by atoms with Gasteiger partial charge in [-0.25, -0.2) is 0 Å². The van der Waals surface area contributed by atoms with Gasteiger partial charge in [0.2, 0.25) is 0 Å². The van der Waals surface area contributed by atoms with Crippen molar-refractivity contribution in [3.63, 3.8) is 0 Å². The Morgan fingerprint density at radius 3 is 2.63 bits per heavy atom. The minimum Gasteiger partial charge on any atom is -0.379 e. The SMILES string of the molecule is NCc1cccc(CNS(=O)(=O)N2CCOCC2)c1. The summed E-state index contributed by atoms with van der Waals surface area (Å²) in [5, 5.41) is 0. The molecule has 0 saturated carbocycles. The van der Waals surface area contributed by atoms with Crippen LogP contribution in [0.25, 0.3) is 0 Å². The maximum absolute atomic E-state index is 12.0. The van der Waals surface area contributed by atoms with Crippen LogP contribution in [0.1, 0.15) is 11.1 Å². The first-order valence-corrected chi connectivity index (χ1v) is 7.66. The Hall–Kier alpha value is -0.990. The van der Waals surface area contributed by atoms with E-state index >= 15 is 0 Å². The Morgan fingerprint density at radius 1 is 1.26 bits per heavy atom. The number of nitrogens with two attached hydrogens (primary N) is 1. The van der Waals surface area contributed by atoms with Gasteiger partial charge in [0.25, 0.3) is 10.2 Å². The van der Waals surface area contributed by atoms with Crippen LogP contribution in [0.5, 0.6) is 0 Å². The highest BCUT2D eigenvalue weighted by Gasteiger charge is 2.23. The number of rotatable bonds is 5. The lowest BCUT2D eigenvalue weighted by Gasteiger charge is -2.26. The van der Waals surface area contributed by atoms with Crippen molar-refractivity contribution < 1.29 is 13.2 Å². The highest BCUT2D eigenvalue weighted by atomic mass is 32.2. The molecule has 1 aliphatic rings. The lowest BCUT2D eigenvalue weighted by atomic mass is 10.1. The monoisotopic (exact) mass is 285 g/mol. The van der Waals surface area contributed by atoms with E-state index in [0.717, 1.165) is 11.1 Å². The normalized spacial score (nSPS) is 17.5. The van der Waals surface area contributed by atoms with Gasteiger partial charge in [0.05, 0.1) is 13.2 Å². The summed E-state index contributed by atoms with van der Waals surface area (Å²) in [6, 6.07) is 7.57. The Kier molecular flexibility index (Phi) is 4.89. The molecule has 1 aliphatic heterocycles. The Labute approximate surface area is 113 Å². The molecule has 1 saturated heterocycles. The van der Waals surface area contributed by atoms with Gasteiger partial charge >= 0.3 is 0 Å². The fraction of sp³-hybridized carbons (Fsp3) is 0.500. The van der Waals surface area contributed by atoms with Crippen molar-refractivity contribution in [3.05, 3.63) is 35.4 Å². The fourth-order valence-corrected chi connectivity index (χ4v) is 3.08. The van der Waals surface area contributed by atoms with Crippen molar-refractivity contribution in [2.45, 2.75) is 13.1 Å². The molecule has 1 heterocycles. The summed E-state index contributed by atoms with van der Waals surface area (Å²) in [6.07, 6.45) is 0. The molecule has 6 nitrogen and oxygen atoms in total. The molecule has 1 fully saturated rings. The van der Waals surface area contributed by atoms with Crippen LogP contribution in [0.2, 0.25) is 0 Å². The van der Waals surface area contributed by atoms with E-state index in [-0.39, 0.29) is 6.54 Å². The molecule has 7 heteroatoms. The molecule has 0 amide bonds. The van der Waals surface area contributed by atoms with Gasteiger partial charge in [-0.1, -0.05) is 24.3 Å². The van der Waals surface area contributed by atoms with Crippen molar-refractivity contribution >= 4 is 10.2 Å². The molecule has 0 atom stereocenters. The number of morpholine rings is 1. The molecule has 1 aromatic rings. The molecule has 1 aromatic carbocycles. The first-order valence-electron chi connectivity index (χ1n) is 6.22. The van der Waals surface area contributed by atoms with Crippen molar-refractivity contribution in [1.29, 1.82) is 0 Å². The van der Waals surface area contributed by atoms with Gasteiger partial charge in [0.1, 0.15) is 0 Å². The summed E-state index contributed by atoms with van der Waals surface area (Å²) >= 11 is 0. The molecule has 0 spiro atoms. The molecular weight excluding hydrogens is 266 g/mol. The number of hydrogen-bond donors (Lipinski definition) is 2. The second kappa shape index (κ2) is 6.44. The summed E-state index contributed by atoms with van der Waals surface area (Å²) in [7, 11) is -3.43. The molecule has 19 heavy (non-hydrogen) atoms. The van der Waals surface area contributed by atoms with Crippen molar-refractivity contribution in [3.8, 4) is 0 Å². The summed E-state index contributed by atoms with van der Waals surface area (Å²) in [5.41, 5.74) is 7.45. The Morgan fingerprint density at radius 2 is 1.95 bits per heavy atom. The number of benzene rings is 1. The third-order valence-corrected chi connectivity index (χ3v) is 4.55. The van der Waals surface area contributed by atoms with Crippen LogP contribution >= 0.6 is 0 Å². The minimum absolute atomic E-state index is 0.271. The average Bonchev–Trinajstić information content (AvgIpc) is 2.46. The van der Waals surface area contributed by atoms with Crippen LogP contribution in [0.15, 0.2) is 24.3 Å². The van der Waals surface area contributed by atoms with Crippen LogP contribution in [0.3, 0.4) is 0 Å². The van der Waals surface area contributed by atoms with Crippen molar-refractivity contribution in [2.24, 2.45) is 5.73 Å². The first kappa shape index (κ1) is 14.4. The molecule has 0 radical (unpaired) electrons. The van der Waals surface area contributed by atoms with E-state index in [4.69, 9.17) is 10.5 Å². The standard InChI is InChI=1S/C12H19N3O3S/c13-9-11-2-1-3-12(8-11)10-14-19(16,17)15-4-6-18-7-5-15/h1-3,8,14H,4-7,9-10,13H2. The van der Waals surface area contributed by atoms with E-state index < -0.39 is 10.2 Å². The molecule has 0 unspecified atom stereocenters. The topological polar surface area (TPSA) is 84.7 Å². The maximum Gasteiger partial charge on any atom is 0.279 e. The number of nitrogens with one attached hydrogen (secondary N) is 1. The molecular formula is C12H19N3O3S. The highest BCUT2D eigenvalue weighted by molar-refractivity contribution is 7.87. The lowest BCUT2D eigenvalue weighted by molar-refractivity contribution is 0.0725. The van der Waals surface area contributed by atoms with Gasteiger partial charge in [0.15, 0.2) is 0 Å². The molecule has 106 valence electrons. The van der Waals surface area contributed by atoms with Crippen molar-refractivity contribution in [2.75, 3.05) is 26.3 Å². The van der Waals surface area contributed by atoms with Crippen LogP contribution in [0.4, 0.5) is 0 Å². The van der Waals surface area contributed by atoms with Crippen LogP contribution < -0.4 is 10.5 Å². The van der Waals surface area contributed by atoms with E-state index in [1.165, 1.54) is 4.31 Å². The predicted octanol–water partition coefficient (Wildman–Crippen LogP) is -0.188. The van der Waals surface area contributed by atoms with Gasteiger partial charge in [-0.2, -0.15) is 17.4 Å². The highest BCUT2D eigenvalue weighted by Crippen LogP contribution is 2.07. The van der Waals surface area contributed by atoms with Crippen LogP contribution in [-0.2, 0) is 28.0 Å². The zero-order valence-electron chi connectivity index (χ0n) is 10.7. The van der Waals surface area contributed by atoms with Gasteiger partial charge in [-0.15, -0.1) is 0 Å². The van der Waals surface area contributed by atoms with Crippen molar-refractivity contribution in [1.82, 2.24) is 9.03 Å². The Bertz CT molecular complexity index is 513. The van der Waals surface area contributed by atoms with E-state index in [0.29, 0.717) is 32.8 Å². The summed E-state index contributed by atoms with van der Waals surface area (Å²) < 4.78 is 33.2. The second-order valence-corrected chi connectivity index (χ2v) is 6.12. The minimum atomic E-state index is -3.43. The predicted molar refractivity (Wildman–Crippen MR) is 72.5 cm³/mol. The number of nitrogens with zero attached hydrogens (tertiary/aromatic N) is 1. The maximum atomic E-state index is 12.0. The second-order valence-electron chi connectivity index (χ2n) is 4.36.